The monoisotopic (exact) mass is 1260 g/mol. The summed E-state index contributed by atoms with van der Waals surface area (Å²) in [4.78, 5) is 94.2. The highest BCUT2D eigenvalue weighted by atomic mass is 19.1. The zero-order valence-electron chi connectivity index (χ0n) is 52.3. The van der Waals surface area contributed by atoms with Crippen LogP contribution in [0.2, 0.25) is 0 Å². The Morgan fingerprint density at radius 2 is 1.47 bits per heavy atom. The molecule has 6 aliphatic rings. The van der Waals surface area contributed by atoms with E-state index in [1.807, 2.05) is 55.5 Å². The van der Waals surface area contributed by atoms with E-state index in [-0.39, 0.29) is 94.6 Å². The molecule has 91 heavy (non-hydrogen) atoms. The fourth-order valence-corrected chi connectivity index (χ4v) is 13.9. The number of aliphatic hydroxyl groups is 1. The lowest BCUT2D eigenvalue weighted by Gasteiger charge is -2.63. The fourth-order valence-electron chi connectivity index (χ4n) is 13.9. The van der Waals surface area contributed by atoms with Crippen molar-refractivity contribution < 1.29 is 80.6 Å². The van der Waals surface area contributed by atoms with Gasteiger partial charge in [-0.25, -0.2) is 8.78 Å². The van der Waals surface area contributed by atoms with Crippen LogP contribution in [0.3, 0.4) is 0 Å². The molecule has 22 heteroatoms. The normalized spacial score (nSPS) is 27.2. The second-order valence-corrected chi connectivity index (χ2v) is 24.5. The molecule has 3 aromatic rings. The Kier molecular flexibility index (Phi) is 22.3. The van der Waals surface area contributed by atoms with E-state index in [9.17, 15) is 38.7 Å². The maximum Gasteiger partial charge on any atom is 0.247 e. The zero-order valence-corrected chi connectivity index (χ0v) is 52.3. The summed E-state index contributed by atoms with van der Waals surface area (Å²) in [6, 6.07) is 19.2. The van der Waals surface area contributed by atoms with Gasteiger partial charge in [0.15, 0.2) is 23.3 Å². The number of hydrogen-bond acceptors (Lipinski definition) is 15. The Morgan fingerprint density at radius 3 is 2.18 bits per heavy atom. The first-order valence-electron chi connectivity index (χ1n) is 31.3. The van der Waals surface area contributed by atoms with Crippen molar-refractivity contribution in [3.63, 3.8) is 0 Å². The number of hydrogen-bond donors (Lipinski definition) is 5. The van der Waals surface area contributed by atoms with Crippen LogP contribution in [0.25, 0.3) is 0 Å². The average Bonchev–Trinajstić information content (AvgIpc) is 1.58. The van der Waals surface area contributed by atoms with Gasteiger partial charge in [-0.1, -0.05) is 75.1 Å². The Bertz CT molecular complexity index is 3330. The van der Waals surface area contributed by atoms with Gasteiger partial charge in [-0.3, -0.25) is 33.6 Å². The number of amides is 5. The van der Waals surface area contributed by atoms with Crippen LogP contribution < -0.4 is 30.9 Å². The Hall–Kier alpha value is -7.49. The third kappa shape index (κ3) is 14.7. The Morgan fingerprint density at radius 1 is 0.813 bits per heavy atom. The lowest BCUT2D eigenvalue weighted by molar-refractivity contribution is -0.234. The van der Waals surface area contributed by atoms with Crippen LogP contribution in [-0.2, 0) is 68.5 Å². The van der Waals surface area contributed by atoms with E-state index in [0.717, 1.165) is 28.5 Å². The smallest absolute Gasteiger partial charge is 0.247 e. The van der Waals surface area contributed by atoms with E-state index in [2.05, 4.69) is 39.7 Å². The number of nitrogens with zero attached hydrogens (tertiary/aromatic N) is 1. The first kappa shape index (κ1) is 67.9. The lowest BCUT2D eigenvalue weighted by Crippen LogP contribution is -2.71. The van der Waals surface area contributed by atoms with Crippen molar-refractivity contribution in [1.82, 2.24) is 16.0 Å². The largest absolute Gasteiger partial charge is 0.486 e. The summed E-state index contributed by atoms with van der Waals surface area (Å²) in [5, 5.41) is 22.7. The molecule has 12 atom stereocenters. The minimum atomic E-state index is -2.34. The molecule has 2 heterocycles. The molecule has 9 rings (SSSR count). The Balaban J connectivity index is 0.621. The van der Waals surface area contributed by atoms with Crippen LogP contribution >= 0.6 is 0 Å². The molecule has 0 radical (unpaired) electrons. The SMILES string of the molecule is C=C(C)[C@H](NC(=O)CCOCCOCCOCCOCCNC(=O)CCC(=O)N1Cc2ccccc2C#Cc2ccccc21)C(=O)N[C@@H](C)C(=O)Nc1ccc(OCC(=O)[C@@]23O[C@H](CCC)O[C@@H]2C[C@H]2[C@@H]4C[C@H](F)C5=CC(=O)C=C[C@]5(C)[C@@]4(F)[C@@H](O)C[C@@]23C)cc1. The fraction of sp³-hybridized carbons (Fsp3) is 0.522. The van der Waals surface area contributed by atoms with Crippen LogP contribution in [0.4, 0.5) is 20.2 Å². The number of carbonyl (C=O) groups is 7. The average molecular weight is 1260 g/mol. The van der Waals surface area contributed by atoms with E-state index in [4.69, 9.17) is 33.2 Å². The minimum absolute atomic E-state index is 0.00941. The molecule has 488 valence electrons. The molecule has 2 aliphatic heterocycles. The number of fused-ring (bicyclic) bond motifs is 9. The maximum atomic E-state index is 17.9. The molecule has 0 aromatic heterocycles. The molecule has 1 saturated heterocycles. The topological polar surface area (TPSA) is 256 Å². The van der Waals surface area contributed by atoms with Gasteiger partial charge in [0.25, 0.3) is 0 Å². The van der Waals surface area contributed by atoms with Crippen molar-refractivity contribution in [2.75, 3.05) is 76.2 Å². The number of halogens is 2. The van der Waals surface area contributed by atoms with E-state index >= 15 is 8.78 Å². The Labute approximate surface area is 529 Å². The molecule has 0 unspecified atom stereocenters. The summed E-state index contributed by atoms with van der Waals surface area (Å²) >= 11 is 0. The minimum Gasteiger partial charge on any atom is -0.486 e. The molecule has 4 aliphatic carbocycles. The summed E-state index contributed by atoms with van der Waals surface area (Å²) in [7, 11) is 0. The van der Waals surface area contributed by atoms with Crippen molar-refractivity contribution >= 4 is 52.5 Å². The van der Waals surface area contributed by atoms with E-state index in [0.29, 0.717) is 57.1 Å². The van der Waals surface area contributed by atoms with Gasteiger partial charge in [0.05, 0.1) is 77.3 Å². The van der Waals surface area contributed by atoms with Gasteiger partial charge in [0.2, 0.25) is 35.3 Å². The molecule has 0 spiro atoms. The molecule has 5 N–H and O–H groups in total. The van der Waals surface area contributed by atoms with Gasteiger partial charge in [-0.15, -0.1) is 0 Å². The van der Waals surface area contributed by atoms with E-state index < -0.39 is 107 Å². The lowest BCUT2D eigenvalue weighted by atomic mass is 9.44. The van der Waals surface area contributed by atoms with Gasteiger partial charge < -0.3 is 64.4 Å². The van der Waals surface area contributed by atoms with Gasteiger partial charge in [0.1, 0.15) is 30.6 Å². The van der Waals surface area contributed by atoms with Gasteiger partial charge in [-0.05, 0) is 124 Å². The number of ether oxygens (including phenoxy) is 7. The maximum absolute atomic E-state index is 17.9. The van der Waals surface area contributed by atoms with Gasteiger partial charge >= 0.3 is 0 Å². The first-order valence-corrected chi connectivity index (χ1v) is 31.3. The highest BCUT2D eigenvalue weighted by Gasteiger charge is 2.80. The highest BCUT2D eigenvalue weighted by Crippen LogP contribution is 2.72. The molecule has 4 fully saturated rings. The quantitative estimate of drug-likeness (QED) is 0.0266. The zero-order chi connectivity index (χ0) is 65.1. The summed E-state index contributed by atoms with van der Waals surface area (Å²) < 4.78 is 75.3. The molecule has 3 aromatic carbocycles. The van der Waals surface area contributed by atoms with Crippen LogP contribution in [0.1, 0.15) is 103 Å². The summed E-state index contributed by atoms with van der Waals surface area (Å²) in [6.07, 6.45) is -0.223. The van der Waals surface area contributed by atoms with Crippen LogP contribution in [-0.4, -0.2) is 160 Å². The molecule has 3 saturated carbocycles. The third-order valence-electron chi connectivity index (χ3n) is 18.6. The molecular formula is C69H83F2N5O15. The number of ketones is 2. The number of para-hydroxylation sites is 1. The molecule has 20 nitrogen and oxygen atoms in total. The number of carbonyl (C=O) groups excluding carboxylic acids is 7. The van der Waals surface area contributed by atoms with Crippen LogP contribution in [0, 0.1) is 34.5 Å². The standard InChI is InChI=1S/C69H83F2N5O15/c1-7-12-62-90-58-39-51-52-38-54(70)53-37-49(77)25-27-66(53,5)68(52,71)56(78)40-67(51,6)69(58,91-62)57(79)42-89-50-21-19-48(20-22-50)74-64(83)44(4)73-65(84)63(43(2)3)75-60(81)26-29-85-31-33-87-35-36-88-34-32-86-30-28-72-59(80)23-24-61(82)76-41-47-15-9-8-13-45(47)17-18-46-14-10-11-16-55(46)76/h8-11,13-16,19-22,25,27,37,44,51-52,54,56,58,62-63,78H,2,7,12,23-24,26,28-36,38-42H2,1,3-6H3,(H,72,80)(H,73,84)(H,74,83)(H,75,81)/t44-,51-,52-,54-,56-,58+,62+,63-,66-,67-,68-,69+/m0/s1. The van der Waals surface area contributed by atoms with Crippen molar-refractivity contribution in [3.05, 3.63) is 125 Å². The number of anilines is 2. The van der Waals surface area contributed by atoms with E-state index in [1.165, 1.54) is 26.0 Å². The number of Topliss-reactive ketones (excluding diaryl/α,β-unsaturated/α-hetero) is 1. The van der Waals surface area contributed by atoms with Crippen molar-refractivity contribution in [2.24, 2.45) is 22.7 Å². The molecule has 0 bridgehead atoms. The summed E-state index contributed by atoms with van der Waals surface area (Å²) in [5.74, 6) is 1.94. The number of benzene rings is 3. The summed E-state index contributed by atoms with van der Waals surface area (Å²) in [5.41, 5.74) is -2.82. The number of aliphatic hydroxyl groups excluding tert-OH is 1. The first-order chi connectivity index (χ1) is 43.6. The van der Waals surface area contributed by atoms with Crippen molar-refractivity contribution in [2.45, 2.75) is 141 Å². The third-order valence-corrected chi connectivity index (χ3v) is 18.6. The van der Waals surface area contributed by atoms with Gasteiger partial charge in [0, 0.05) is 59.4 Å². The number of alkyl halides is 2. The second-order valence-electron chi connectivity index (χ2n) is 24.5. The summed E-state index contributed by atoms with van der Waals surface area (Å²) in [6.45, 7) is 14.3. The number of allylic oxidation sites excluding steroid dienone is 4. The number of rotatable bonds is 30. The highest BCUT2D eigenvalue weighted by molar-refractivity contribution is 6.02. The molecule has 5 amide bonds. The predicted molar refractivity (Wildman–Crippen MR) is 332 cm³/mol. The van der Waals surface area contributed by atoms with Crippen LogP contribution in [0.5, 0.6) is 5.75 Å². The van der Waals surface area contributed by atoms with Gasteiger partial charge in [-0.2, -0.15) is 0 Å². The predicted octanol–water partition coefficient (Wildman–Crippen LogP) is 6.65. The second kappa shape index (κ2) is 29.9. The number of nitrogens with one attached hydrogen (secondary N) is 4. The van der Waals surface area contributed by atoms with Crippen molar-refractivity contribution in [3.8, 4) is 17.6 Å². The van der Waals surface area contributed by atoms with Crippen LogP contribution in [0.15, 0.2) is 109 Å². The molecular weight excluding hydrogens is 1180 g/mol. The van der Waals surface area contributed by atoms with E-state index in [1.54, 1.807) is 43.0 Å². The van der Waals surface area contributed by atoms with Crippen molar-refractivity contribution in [1.29, 1.82) is 0 Å².